The summed E-state index contributed by atoms with van der Waals surface area (Å²) in [6.07, 6.45) is 1.17. The Morgan fingerprint density at radius 1 is 1.80 bits per heavy atom. The predicted octanol–water partition coefficient (Wildman–Crippen LogP) is 0.317. The molecule has 0 aromatic rings. The smallest absolute Gasteiger partial charge is 0.188 e. The molecule has 0 aromatic carbocycles. The number of nitrogens with one attached hydrogen (secondary N) is 1. The molecular weight excluding hydrogens is 146 g/mol. The molecule has 0 amide bonds. The van der Waals surface area contributed by atoms with Crippen molar-refractivity contribution in [2.24, 2.45) is 5.73 Å². The van der Waals surface area contributed by atoms with Crippen molar-refractivity contribution in [3.63, 3.8) is 0 Å². The number of thioether (sulfide) groups is 1. The maximum atomic E-state index is 7.16. The van der Waals surface area contributed by atoms with Crippen molar-refractivity contribution in [3.8, 4) is 0 Å². The van der Waals surface area contributed by atoms with Crippen molar-refractivity contribution in [2.75, 3.05) is 18.6 Å². The Balaban J connectivity index is 2.39. The molecule has 10 heavy (non-hydrogen) atoms. The zero-order valence-corrected chi connectivity index (χ0v) is 6.95. The maximum Gasteiger partial charge on any atom is 0.188 e. The highest BCUT2D eigenvalue weighted by Gasteiger charge is 2.20. The third kappa shape index (κ3) is 1.56. The monoisotopic (exact) mass is 159 g/mol. The van der Waals surface area contributed by atoms with Crippen molar-refractivity contribution < 1.29 is 0 Å². The van der Waals surface area contributed by atoms with Crippen molar-refractivity contribution in [1.82, 2.24) is 4.90 Å². The molecule has 0 aliphatic carbocycles. The first-order valence-electron chi connectivity index (χ1n) is 3.36. The van der Waals surface area contributed by atoms with Gasteiger partial charge in [0, 0.05) is 18.8 Å². The number of nitrogens with zero attached hydrogens (tertiary/aromatic N) is 1. The molecule has 0 bridgehead atoms. The highest BCUT2D eigenvalue weighted by Crippen LogP contribution is 2.20. The molecule has 1 atom stereocenters. The normalized spacial score (nSPS) is 24.7. The van der Waals surface area contributed by atoms with E-state index in [1.165, 1.54) is 12.2 Å². The van der Waals surface area contributed by atoms with E-state index in [4.69, 9.17) is 11.1 Å². The first-order chi connectivity index (χ1) is 4.72. The summed E-state index contributed by atoms with van der Waals surface area (Å²) in [5.41, 5.74) is 5.32. The minimum absolute atomic E-state index is 0.188. The molecule has 1 aliphatic heterocycles. The Bertz CT molecular complexity index is 131. The van der Waals surface area contributed by atoms with Crippen LogP contribution in [-0.2, 0) is 0 Å². The van der Waals surface area contributed by atoms with Crippen LogP contribution in [-0.4, -0.2) is 35.5 Å². The van der Waals surface area contributed by atoms with Gasteiger partial charge in [0.05, 0.1) is 0 Å². The minimum atomic E-state index is 0.188. The topological polar surface area (TPSA) is 53.1 Å². The summed E-state index contributed by atoms with van der Waals surface area (Å²) >= 11 is 1.93. The lowest BCUT2D eigenvalue weighted by Gasteiger charge is -2.23. The first-order valence-corrected chi connectivity index (χ1v) is 4.52. The van der Waals surface area contributed by atoms with E-state index in [-0.39, 0.29) is 5.96 Å². The van der Waals surface area contributed by atoms with Gasteiger partial charge >= 0.3 is 0 Å². The summed E-state index contributed by atoms with van der Waals surface area (Å²) in [7, 11) is 1.89. The lowest BCUT2D eigenvalue weighted by molar-refractivity contribution is 0.391. The van der Waals surface area contributed by atoms with Crippen molar-refractivity contribution >= 4 is 17.7 Å². The molecule has 0 radical (unpaired) electrons. The van der Waals surface area contributed by atoms with Gasteiger partial charge in [-0.2, -0.15) is 11.8 Å². The van der Waals surface area contributed by atoms with E-state index >= 15 is 0 Å². The average Bonchev–Trinajstić information content (AvgIpc) is 2.36. The van der Waals surface area contributed by atoms with Crippen LogP contribution in [0.5, 0.6) is 0 Å². The van der Waals surface area contributed by atoms with Crippen LogP contribution >= 0.6 is 11.8 Å². The van der Waals surface area contributed by atoms with E-state index in [0.717, 1.165) is 5.75 Å². The Hall–Kier alpha value is -0.380. The fraction of sp³-hybridized carbons (Fsp3) is 0.833. The molecule has 1 fully saturated rings. The highest BCUT2D eigenvalue weighted by atomic mass is 32.2. The van der Waals surface area contributed by atoms with Crippen molar-refractivity contribution in [1.29, 1.82) is 5.41 Å². The fourth-order valence-corrected chi connectivity index (χ4v) is 2.29. The van der Waals surface area contributed by atoms with Crippen LogP contribution in [0.25, 0.3) is 0 Å². The largest absolute Gasteiger partial charge is 0.370 e. The summed E-state index contributed by atoms with van der Waals surface area (Å²) in [5.74, 6) is 2.52. The van der Waals surface area contributed by atoms with Gasteiger partial charge in [0.1, 0.15) is 0 Å². The van der Waals surface area contributed by atoms with Crippen LogP contribution < -0.4 is 5.73 Å². The third-order valence-corrected chi connectivity index (χ3v) is 2.98. The number of guanidine groups is 1. The lowest BCUT2D eigenvalue weighted by Crippen LogP contribution is -2.41. The predicted molar refractivity (Wildman–Crippen MR) is 45.4 cm³/mol. The standard InChI is InChI=1S/C6H13N3S/c1-9(6(7)8)5-2-3-10-4-5/h5H,2-4H2,1H3,(H3,7,8). The van der Waals surface area contributed by atoms with Gasteiger partial charge in [0.2, 0.25) is 0 Å². The van der Waals surface area contributed by atoms with Gasteiger partial charge in [0.25, 0.3) is 0 Å². The van der Waals surface area contributed by atoms with Gasteiger partial charge in [-0.05, 0) is 12.2 Å². The first kappa shape index (κ1) is 7.72. The molecule has 3 nitrogen and oxygen atoms in total. The zero-order chi connectivity index (χ0) is 7.56. The average molecular weight is 159 g/mol. The quantitative estimate of drug-likeness (QED) is 0.428. The molecule has 4 heteroatoms. The third-order valence-electron chi connectivity index (χ3n) is 1.83. The number of nitrogens with two attached hydrogens (primary N) is 1. The van der Waals surface area contributed by atoms with Crippen LogP contribution in [0.3, 0.4) is 0 Å². The molecule has 1 saturated heterocycles. The van der Waals surface area contributed by atoms with Crippen LogP contribution in [0.4, 0.5) is 0 Å². The number of rotatable bonds is 1. The van der Waals surface area contributed by atoms with E-state index in [1.807, 2.05) is 23.7 Å². The van der Waals surface area contributed by atoms with E-state index in [1.54, 1.807) is 0 Å². The summed E-state index contributed by atoms with van der Waals surface area (Å²) in [6, 6.07) is 0.502. The fourth-order valence-electron chi connectivity index (χ4n) is 1.02. The summed E-state index contributed by atoms with van der Waals surface area (Å²) in [4.78, 5) is 1.85. The van der Waals surface area contributed by atoms with Gasteiger partial charge in [-0.25, -0.2) is 0 Å². The van der Waals surface area contributed by atoms with Crippen LogP contribution in [0, 0.1) is 5.41 Å². The second-order valence-electron chi connectivity index (χ2n) is 2.51. The van der Waals surface area contributed by atoms with Gasteiger partial charge in [-0.1, -0.05) is 0 Å². The summed E-state index contributed by atoms with van der Waals surface area (Å²) in [5, 5.41) is 7.16. The zero-order valence-electron chi connectivity index (χ0n) is 6.13. The summed E-state index contributed by atoms with van der Waals surface area (Å²) in [6.45, 7) is 0. The van der Waals surface area contributed by atoms with Crippen LogP contribution in [0.15, 0.2) is 0 Å². The second kappa shape index (κ2) is 3.14. The van der Waals surface area contributed by atoms with Gasteiger partial charge in [-0.3, -0.25) is 5.41 Å². The molecule has 3 N–H and O–H groups in total. The molecular formula is C6H13N3S. The van der Waals surface area contributed by atoms with E-state index in [0.29, 0.717) is 6.04 Å². The Morgan fingerprint density at radius 2 is 2.50 bits per heavy atom. The van der Waals surface area contributed by atoms with Gasteiger partial charge in [-0.15, -0.1) is 0 Å². The SMILES string of the molecule is CN(C(=N)N)C1CCSC1. The molecule has 0 saturated carbocycles. The van der Waals surface area contributed by atoms with E-state index in [9.17, 15) is 0 Å². The van der Waals surface area contributed by atoms with Crippen LogP contribution in [0.1, 0.15) is 6.42 Å². The molecule has 1 rings (SSSR count). The minimum Gasteiger partial charge on any atom is -0.370 e. The number of hydrogen-bond donors (Lipinski definition) is 2. The van der Waals surface area contributed by atoms with Crippen molar-refractivity contribution in [3.05, 3.63) is 0 Å². The second-order valence-corrected chi connectivity index (χ2v) is 3.66. The summed E-state index contributed by atoms with van der Waals surface area (Å²) < 4.78 is 0. The van der Waals surface area contributed by atoms with Crippen LogP contribution in [0.2, 0.25) is 0 Å². The molecule has 1 aliphatic rings. The Morgan fingerprint density at radius 3 is 2.90 bits per heavy atom. The molecule has 1 heterocycles. The molecule has 0 spiro atoms. The molecule has 58 valence electrons. The Kier molecular flexibility index (Phi) is 2.43. The van der Waals surface area contributed by atoms with E-state index in [2.05, 4.69) is 0 Å². The Labute approximate surface area is 65.5 Å². The molecule has 0 aromatic heterocycles. The lowest BCUT2D eigenvalue weighted by atomic mass is 10.2. The molecule has 1 unspecified atom stereocenters. The van der Waals surface area contributed by atoms with E-state index < -0.39 is 0 Å². The van der Waals surface area contributed by atoms with Gasteiger partial charge in [0.15, 0.2) is 5.96 Å². The van der Waals surface area contributed by atoms with Crippen molar-refractivity contribution in [2.45, 2.75) is 12.5 Å². The maximum absolute atomic E-state index is 7.16. The highest BCUT2D eigenvalue weighted by molar-refractivity contribution is 7.99. The number of hydrogen-bond acceptors (Lipinski definition) is 2. The van der Waals surface area contributed by atoms with Gasteiger partial charge < -0.3 is 10.6 Å².